The Morgan fingerprint density at radius 1 is 1.60 bits per heavy atom. The predicted molar refractivity (Wildman–Crippen MR) is 41.9 cm³/mol. The van der Waals surface area contributed by atoms with Crippen molar-refractivity contribution in [2.75, 3.05) is 6.54 Å². The first-order valence-corrected chi connectivity index (χ1v) is 4.10. The number of nitrogens with one attached hydrogen (secondary N) is 1. The highest BCUT2D eigenvalue weighted by molar-refractivity contribution is 4.81. The van der Waals surface area contributed by atoms with Crippen LogP contribution >= 0.6 is 0 Å². The fourth-order valence-corrected chi connectivity index (χ4v) is 1.55. The van der Waals surface area contributed by atoms with Crippen LogP contribution in [-0.2, 0) is 0 Å². The molecule has 1 fully saturated rings. The summed E-state index contributed by atoms with van der Waals surface area (Å²) in [6.45, 7) is 5.22. The van der Waals surface area contributed by atoms with Gasteiger partial charge in [-0.15, -0.1) is 0 Å². The summed E-state index contributed by atoms with van der Waals surface area (Å²) in [4.78, 5) is 0. The minimum absolute atomic E-state index is 0.0938. The molecular weight excluding hydrogens is 126 g/mol. The van der Waals surface area contributed by atoms with E-state index in [-0.39, 0.29) is 6.10 Å². The standard InChI is InChI=1S/C8H17NO/c1-6(2)3-7-4-8(10)5-9-7/h6-10H,3-5H2,1-2H3. The van der Waals surface area contributed by atoms with Crippen LogP contribution in [0.25, 0.3) is 0 Å². The van der Waals surface area contributed by atoms with Crippen LogP contribution in [0.5, 0.6) is 0 Å². The number of β-amino-alcohol motifs (C(OH)–C–C–N with tert-alkyl or cyclic N) is 1. The van der Waals surface area contributed by atoms with Gasteiger partial charge in [-0.2, -0.15) is 0 Å². The molecule has 0 saturated carbocycles. The molecule has 2 unspecified atom stereocenters. The molecule has 1 aliphatic heterocycles. The maximum atomic E-state index is 9.15. The molecule has 0 spiro atoms. The maximum Gasteiger partial charge on any atom is 0.0679 e. The number of hydrogen-bond acceptors (Lipinski definition) is 2. The molecule has 0 radical (unpaired) electrons. The van der Waals surface area contributed by atoms with E-state index in [1.165, 1.54) is 6.42 Å². The first-order valence-electron chi connectivity index (χ1n) is 4.10. The second-order valence-corrected chi connectivity index (χ2v) is 3.62. The van der Waals surface area contributed by atoms with Gasteiger partial charge in [0.15, 0.2) is 0 Å². The summed E-state index contributed by atoms with van der Waals surface area (Å²) in [6.07, 6.45) is 2.04. The Hall–Kier alpha value is -0.0800. The molecule has 2 nitrogen and oxygen atoms in total. The topological polar surface area (TPSA) is 32.3 Å². The van der Waals surface area contributed by atoms with Crippen molar-refractivity contribution >= 4 is 0 Å². The third-order valence-corrected chi connectivity index (χ3v) is 1.95. The van der Waals surface area contributed by atoms with Gasteiger partial charge in [-0.3, -0.25) is 0 Å². The molecule has 1 aliphatic rings. The van der Waals surface area contributed by atoms with E-state index in [4.69, 9.17) is 5.11 Å². The third kappa shape index (κ3) is 2.27. The second kappa shape index (κ2) is 3.35. The lowest BCUT2D eigenvalue weighted by Crippen LogP contribution is -2.22. The zero-order chi connectivity index (χ0) is 7.56. The summed E-state index contributed by atoms with van der Waals surface area (Å²) in [5, 5.41) is 12.4. The van der Waals surface area contributed by atoms with Crippen LogP contribution in [0, 0.1) is 5.92 Å². The average Bonchev–Trinajstić information content (AvgIpc) is 2.13. The Morgan fingerprint density at radius 2 is 2.30 bits per heavy atom. The summed E-state index contributed by atoms with van der Waals surface area (Å²) in [6, 6.07) is 0.565. The summed E-state index contributed by atoms with van der Waals surface area (Å²) >= 11 is 0. The normalized spacial score (nSPS) is 33.6. The Bertz CT molecular complexity index is 103. The van der Waals surface area contributed by atoms with Crippen molar-refractivity contribution in [1.29, 1.82) is 0 Å². The monoisotopic (exact) mass is 143 g/mol. The summed E-state index contributed by atoms with van der Waals surface area (Å²) < 4.78 is 0. The number of hydrogen-bond donors (Lipinski definition) is 2. The van der Waals surface area contributed by atoms with E-state index in [1.54, 1.807) is 0 Å². The SMILES string of the molecule is CC(C)CC1CC(O)CN1. The van der Waals surface area contributed by atoms with Crippen molar-refractivity contribution < 1.29 is 5.11 Å². The van der Waals surface area contributed by atoms with Crippen LogP contribution in [0.15, 0.2) is 0 Å². The van der Waals surface area contributed by atoms with Crippen LogP contribution in [0.4, 0.5) is 0 Å². The summed E-state index contributed by atoms with van der Waals surface area (Å²) in [5.41, 5.74) is 0. The van der Waals surface area contributed by atoms with Gasteiger partial charge in [-0.05, 0) is 18.8 Å². The maximum absolute atomic E-state index is 9.15. The van der Waals surface area contributed by atoms with Gasteiger partial charge in [0.1, 0.15) is 0 Å². The molecule has 0 aromatic carbocycles. The average molecular weight is 143 g/mol. The smallest absolute Gasteiger partial charge is 0.0679 e. The summed E-state index contributed by atoms with van der Waals surface area (Å²) in [7, 11) is 0. The number of rotatable bonds is 2. The largest absolute Gasteiger partial charge is 0.392 e. The van der Waals surface area contributed by atoms with Crippen molar-refractivity contribution in [2.24, 2.45) is 5.92 Å². The fraction of sp³-hybridized carbons (Fsp3) is 1.00. The second-order valence-electron chi connectivity index (χ2n) is 3.62. The predicted octanol–water partition coefficient (Wildman–Crippen LogP) is 0.755. The van der Waals surface area contributed by atoms with Gasteiger partial charge < -0.3 is 10.4 Å². The Balaban J connectivity index is 2.18. The van der Waals surface area contributed by atoms with E-state index in [2.05, 4.69) is 19.2 Å². The Morgan fingerprint density at radius 3 is 2.70 bits per heavy atom. The quantitative estimate of drug-likeness (QED) is 0.598. The lowest BCUT2D eigenvalue weighted by molar-refractivity contribution is 0.192. The minimum atomic E-state index is -0.0938. The van der Waals surface area contributed by atoms with E-state index < -0.39 is 0 Å². The van der Waals surface area contributed by atoms with E-state index in [0.717, 1.165) is 18.9 Å². The zero-order valence-corrected chi connectivity index (χ0v) is 6.80. The van der Waals surface area contributed by atoms with Gasteiger partial charge in [0.2, 0.25) is 0 Å². The van der Waals surface area contributed by atoms with Crippen LogP contribution in [-0.4, -0.2) is 23.8 Å². The molecule has 0 aromatic rings. The highest BCUT2D eigenvalue weighted by atomic mass is 16.3. The van der Waals surface area contributed by atoms with Crippen molar-refractivity contribution in [1.82, 2.24) is 5.32 Å². The molecule has 0 amide bonds. The van der Waals surface area contributed by atoms with Gasteiger partial charge in [0.05, 0.1) is 6.10 Å². The van der Waals surface area contributed by atoms with Gasteiger partial charge >= 0.3 is 0 Å². The van der Waals surface area contributed by atoms with Crippen molar-refractivity contribution in [3.05, 3.63) is 0 Å². The van der Waals surface area contributed by atoms with Crippen molar-refractivity contribution in [2.45, 2.75) is 38.8 Å². The molecule has 1 heterocycles. The Kier molecular flexibility index (Phi) is 2.69. The van der Waals surface area contributed by atoms with Gasteiger partial charge in [0.25, 0.3) is 0 Å². The minimum Gasteiger partial charge on any atom is -0.392 e. The number of aliphatic hydroxyl groups is 1. The first kappa shape index (κ1) is 8.02. The molecule has 0 aliphatic carbocycles. The molecule has 2 N–H and O–H groups in total. The van der Waals surface area contributed by atoms with Gasteiger partial charge in [-0.1, -0.05) is 13.8 Å². The third-order valence-electron chi connectivity index (χ3n) is 1.95. The Labute approximate surface area is 62.6 Å². The van der Waals surface area contributed by atoms with Crippen LogP contribution in [0.2, 0.25) is 0 Å². The van der Waals surface area contributed by atoms with Crippen LogP contribution < -0.4 is 5.32 Å². The van der Waals surface area contributed by atoms with E-state index in [9.17, 15) is 0 Å². The van der Waals surface area contributed by atoms with Crippen LogP contribution in [0.1, 0.15) is 26.7 Å². The van der Waals surface area contributed by atoms with Crippen molar-refractivity contribution in [3.63, 3.8) is 0 Å². The molecule has 1 saturated heterocycles. The number of aliphatic hydroxyl groups excluding tert-OH is 1. The fourth-order valence-electron chi connectivity index (χ4n) is 1.55. The van der Waals surface area contributed by atoms with E-state index in [1.807, 2.05) is 0 Å². The molecular formula is C8H17NO. The molecule has 60 valence electrons. The highest BCUT2D eigenvalue weighted by Gasteiger charge is 2.21. The van der Waals surface area contributed by atoms with Crippen molar-refractivity contribution in [3.8, 4) is 0 Å². The van der Waals surface area contributed by atoms with Gasteiger partial charge in [-0.25, -0.2) is 0 Å². The lowest BCUT2D eigenvalue weighted by Gasteiger charge is -2.11. The van der Waals surface area contributed by atoms with Crippen LogP contribution in [0.3, 0.4) is 0 Å². The zero-order valence-electron chi connectivity index (χ0n) is 6.80. The lowest BCUT2D eigenvalue weighted by atomic mass is 10.0. The molecule has 1 rings (SSSR count). The van der Waals surface area contributed by atoms with E-state index >= 15 is 0 Å². The molecule has 2 heteroatoms. The highest BCUT2D eigenvalue weighted by Crippen LogP contribution is 2.14. The molecule has 2 atom stereocenters. The molecule has 0 aromatic heterocycles. The van der Waals surface area contributed by atoms with Gasteiger partial charge in [0, 0.05) is 12.6 Å². The first-order chi connectivity index (χ1) is 4.68. The molecule has 10 heavy (non-hydrogen) atoms. The molecule has 0 bridgehead atoms. The van der Waals surface area contributed by atoms with E-state index in [0.29, 0.717) is 6.04 Å². The summed E-state index contributed by atoms with van der Waals surface area (Å²) in [5.74, 6) is 0.739.